The van der Waals surface area contributed by atoms with E-state index in [1.54, 1.807) is 11.3 Å². The van der Waals surface area contributed by atoms with Crippen LogP contribution in [0, 0.1) is 18.8 Å². The first-order chi connectivity index (χ1) is 8.29. The minimum Gasteiger partial charge on any atom is -0.388 e. The summed E-state index contributed by atoms with van der Waals surface area (Å²) in [6, 6.07) is 9.65. The Labute approximate surface area is 106 Å². The summed E-state index contributed by atoms with van der Waals surface area (Å²) in [5.74, 6) is 6.18. The SMILES string of the molecule is [CH2]CC(O)c1cccc(C#Cc2ccsc2)c1. The summed E-state index contributed by atoms with van der Waals surface area (Å²) in [4.78, 5) is 0. The van der Waals surface area contributed by atoms with E-state index in [1.165, 1.54) is 0 Å². The van der Waals surface area contributed by atoms with E-state index in [9.17, 15) is 5.11 Å². The Bertz CT molecular complexity index is 532. The van der Waals surface area contributed by atoms with Crippen LogP contribution in [-0.2, 0) is 0 Å². The van der Waals surface area contributed by atoms with Crippen LogP contribution >= 0.6 is 11.3 Å². The quantitative estimate of drug-likeness (QED) is 0.799. The molecule has 1 unspecified atom stereocenters. The second-order valence-corrected chi connectivity index (χ2v) is 4.47. The molecule has 0 aliphatic carbocycles. The highest BCUT2D eigenvalue weighted by molar-refractivity contribution is 7.08. The molecule has 2 aromatic rings. The molecule has 1 atom stereocenters. The lowest BCUT2D eigenvalue weighted by atomic mass is 10.0. The molecular weight excluding hydrogens is 228 g/mol. The lowest BCUT2D eigenvalue weighted by molar-refractivity contribution is 0.181. The third-order valence-corrected chi connectivity index (χ3v) is 3.10. The number of aliphatic hydroxyl groups excluding tert-OH is 1. The maximum absolute atomic E-state index is 9.70. The van der Waals surface area contributed by atoms with Crippen LogP contribution in [0.3, 0.4) is 0 Å². The molecular formula is C15H13OS. The molecule has 0 spiro atoms. The molecule has 0 saturated carbocycles. The Balaban J connectivity index is 2.22. The number of thiophene rings is 1. The minimum atomic E-state index is -0.502. The van der Waals surface area contributed by atoms with Crippen molar-refractivity contribution in [2.75, 3.05) is 0 Å². The molecule has 0 bridgehead atoms. The zero-order valence-electron chi connectivity index (χ0n) is 9.39. The summed E-state index contributed by atoms with van der Waals surface area (Å²) < 4.78 is 0. The van der Waals surface area contributed by atoms with Crippen LogP contribution in [0.5, 0.6) is 0 Å². The molecule has 0 aliphatic rings. The van der Waals surface area contributed by atoms with Crippen LogP contribution in [-0.4, -0.2) is 5.11 Å². The van der Waals surface area contributed by atoms with Gasteiger partial charge < -0.3 is 5.11 Å². The molecule has 85 valence electrons. The zero-order chi connectivity index (χ0) is 12.1. The van der Waals surface area contributed by atoms with E-state index in [0.717, 1.165) is 16.7 Å². The fourth-order valence-electron chi connectivity index (χ4n) is 1.47. The Morgan fingerprint density at radius 2 is 2.06 bits per heavy atom. The van der Waals surface area contributed by atoms with E-state index in [-0.39, 0.29) is 0 Å². The van der Waals surface area contributed by atoms with Gasteiger partial charge in [0.25, 0.3) is 0 Å². The van der Waals surface area contributed by atoms with Crippen LogP contribution in [0.2, 0.25) is 0 Å². The van der Waals surface area contributed by atoms with Crippen LogP contribution in [0.1, 0.15) is 29.2 Å². The van der Waals surface area contributed by atoms with Gasteiger partial charge in [0, 0.05) is 16.5 Å². The maximum atomic E-state index is 9.70. The van der Waals surface area contributed by atoms with Crippen molar-refractivity contribution in [3.05, 3.63) is 64.7 Å². The topological polar surface area (TPSA) is 20.2 Å². The number of hydrogen-bond donors (Lipinski definition) is 1. The largest absolute Gasteiger partial charge is 0.388 e. The van der Waals surface area contributed by atoms with E-state index in [0.29, 0.717) is 6.42 Å². The van der Waals surface area contributed by atoms with Crippen LogP contribution in [0.4, 0.5) is 0 Å². The summed E-state index contributed by atoms with van der Waals surface area (Å²) in [6.07, 6.45) is -0.0283. The monoisotopic (exact) mass is 241 g/mol. The molecule has 2 heteroatoms. The second-order valence-electron chi connectivity index (χ2n) is 3.69. The molecule has 1 nitrogen and oxygen atoms in total. The van der Waals surface area contributed by atoms with E-state index in [1.807, 2.05) is 41.1 Å². The Kier molecular flexibility index (Phi) is 3.98. The van der Waals surface area contributed by atoms with Crippen molar-refractivity contribution in [2.24, 2.45) is 0 Å². The molecule has 0 saturated heterocycles. The molecule has 0 amide bonds. The molecule has 0 fully saturated rings. The summed E-state index contributed by atoms with van der Waals surface area (Å²) >= 11 is 1.64. The highest BCUT2D eigenvalue weighted by Crippen LogP contribution is 2.16. The Hall–Kier alpha value is -1.56. The van der Waals surface area contributed by atoms with Gasteiger partial charge in [0.05, 0.1) is 6.10 Å². The molecule has 1 aromatic heterocycles. The zero-order valence-corrected chi connectivity index (χ0v) is 10.2. The normalized spacial score (nSPS) is 11.6. The highest BCUT2D eigenvalue weighted by atomic mass is 32.1. The molecule has 17 heavy (non-hydrogen) atoms. The van der Waals surface area contributed by atoms with Gasteiger partial charge in [-0.3, -0.25) is 0 Å². The van der Waals surface area contributed by atoms with Crippen LogP contribution < -0.4 is 0 Å². The van der Waals surface area contributed by atoms with E-state index in [2.05, 4.69) is 18.8 Å². The van der Waals surface area contributed by atoms with Gasteiger partial charge in [-0.2, -0.15) is 11.3 Å². The predicted molar refractivity (Wildman–Crippen MR) is 71.7 cm³/mol. The third-order valence-electron chi connectivity index (χ3n) is 2.42. The summed E-state index contributed by atoms with van der Waals surface area (Å²) in [6.45, 7) is 3.69. The molecule has 1 radical (unpaired) electrons. The number of benzene rings is 1. The Morgan fingerprint density at radius 1 is 1.24 bits per heavy atom. The van der Waals surface area contributed by atoms with Crippen molar-refractivity contribution in [3.63, 3.8) is 0 Å². The van der Waals surface area contributed by atoms with Gasteiger partial charge >= 0.3 is 0 Å². The summed E-state index contributed by atoms with van der Waals surface area (Å²) in [5, 5.41) is 13.7. The first kappa shape index (κ1) is 11.9. The van der Waals surface area contributed by atoms with E-state index in [4.69, 9.17) is 0 Å². The van der Waals surface area contributed by atoms with Crippen LogP contribution in [0.25, 0.3) is 0 Å². The molecule has 0 aliphatic heterocycles. The average Bonchev–Trinajstić information content (AvgIpc) is 2.89. The summed E-state index contributed by atoms with van der Waals surface area (Å²) in [7, 11) is 0. The van der Waals surface area contributed by atoms with E-state index >= 15 is 0 Å². The van der Waals surface area contributed by atoms with Crippen molar-refractivity contribution in [3.8, 4) is 11.8 Å². The average molecular weight is 241 g/mol. The van der Waals surface area contributed by atoms with Gasteiger partial charge in [-0.25, -0.2) is 0 Å². The molecule has 1 N–H and O–H groups in total. The Morgan fingerprint density at radius 3 is 2.76 bits per heavy atom. The van der Waals surface area contributed by atoms with Crippen molar-refractivity contribution in [1.29, 1.82) is 0 Å². The van der Waals surface area contributed by atoms with Gasteiger partial charge in [0.2, 0.25) is 0 Å². The van der Waals surface area contributed by atoms with Gasteiger partial charge in [0.15, 0.2) is 0 Å². The van der Waals surface area contributed by atoms with Gasteiger partial charge in [-0.05, 0) is 35.6 Å². The first-order valence-electron chi connectivity index (χ1n) is 5.41. The van der Waals surface area contributed by atoms with Gasteiger partial charge in [-0.15, -0.1) is 0 Å². The third kappa shape index (κ3) is 3.20. The number of rotatable bonds is 2. The first-order valence-corrected chi connectivity index (χ1v) is 6.35. The minimum absolute atomic E-state index is 0.474. The van der Waals surface area contributed by atoms with Crippen molar-refractivity contribution in [2.45, 2.75) is 12.5 Å². The van der Waals surface area contributed by atoms with Crippen molar-refractivity contribution >= 4 is 11.3 Å². The molecule has 2 rings (SSSR count). The van der Waals surface area contributed by atoms with Gasteiger partial charge in [-0.1, -0.05) is 30.9 Å². The van der Waals surface area contributed by atoms with Gasteiger partial charge in [0.1, 0.15) is 0 Å². The smallest absolute Gasteiger partial charge is 0.0790 e. The summed E-state index contributed by atoms with van der Waals surface area (Å²) in [5.41, 5.74) is 2.82. The maximum Gasteiger partial charge on any atom is 0.0790 e. The van der Waals surface area contributed by atoms with E-state index < -0.39 is 6.10 Å². The standard InChI is InChI=1S/C15H13OS/c1-2-15(16)14-5-3-4-12(10-14)6-7-13-8-9-17-11-13/h3-5,8-11,15-16H,1-2H2. The lowest BCUT2D eigenvalue weighted by Gasteiger charge is -2.07. The number of aliphatic hydroxyl groups is 1. The number of hydrogen-bond acceptors (Lipinski definition) is 2. The molecule has 1 heterocycles. The molecule has 1 aromatic carbocycles. The van der Waals surface area contributed by atoms with Crippen molar-refractivity contribution < 1.29 is 5.11 Å². The highest BCUT2D eigenvalue weighted by Gasteiger charge is 2.03. The lowest BCUT2D eigenvalue weighted by Crippen LogP contribution is -1.95. The van der Waals surface area contributed by atoms with Crippen LogP contribution in [0.15, 0.2) is 41.1 Å². The fraction of sp³-hybridized carbons (Fsp3) is 0.133. The second kappa shape index (κ2) is 5.67. The fourth-order valence-corrected chi connectivity index (χ4v) is 2.06. The predicted octanol–water partition coefficient (Wildman–Crippen LogP) is 3.41. The van der Waals surface area contributed by atoms with Crippen molar-refractivity contribution in [1.82, 2.24) is 0 Å².